The molecule has 0 radical (unpaired) electrons. The van der Waals surface area contributed by atoms with Gasteiger partial charge in [0.25, 0.3) is 0 Å². The fourth-order valence-corrected chi connectivity index (χ4v) is 2.50. The monoisotopic (exact) mass is 417 g/mol. The molecule has 30 heavy (non-hydrogen) atoms. The largest absolute Gasteiger partial charge is 0.383 e. The molecule has 0 fully saturated rings. The van der Waals surface area contributed by atoms with E-state index in [1.807, 2.05) is 6.07 Å². The highest BCUT2D eigenvalue weighted by Gasteiger charge is 2.04. The average Bonchev–Trinajstić information content (AvgIpc) is 2.75. The molecule has 2 aromatic carbocycles. The van der Waals surface area contributed by atoms with Gasteiger partial charge in [-0.1, -0.05) is 0 Å². The van der Waals surface area contributed by atoms with E-state index in [0.29, 0.717) is 38.8 Å². The van der Waals surface area contributed by atoms with Crippen LogP contribution >= 0.6 is 0 Å². The molecule has 0 saturated heterocycles. The number of fused-ring (bicyclic) bond motifs is 2. The lowest BCUT2D eigenvalue weighted by Gasteiger charge is -2.02. The highest BCUT2D eigenvalue weighted by molar-refractivity contribution is 6.05. The number of hydrogen-bond donors (Lipinski definition) is 4. The lowest BCUT2D eigenvalue weighted by molar-refractivity contribution is 0.112. The van der Waals surface area contributed by atoms with Crippen molar-refractivity contribution in [2.75, 3.05) is 22.9 Å². The van der Waals surface area contributed by atoms with Crippen LogP contribution in [0.1, 0.15) is 15.9 Å². The molecule has 0 saturated carbocycles. The highest BCUT2D eigenvalue weighted by Crippen LogP contribution is 2.20. The van der Waals surface area contributed by atoms with Crippen molar-refractivity contribution in [2.24, 2.45) is 0 Å². The van der Waals surface area contributed by atoms with Crippen LogP contribution in [-0.4, -0.2) is 42.5 Å². The number of anilines is 4. The van der Waals surface area contributed by atoms with Crippen LogP contribution in [0, 0.1) is 11.3 Å². The number of aromatic nitrogens is 4. The third kappa shape index (κ3) is 5.08. The minimum absolute atomic E-state index is 0.133. The van der Waals surface area contributed by atoms with Gasteiger partial charge in [-0.05, 0) is 36.4 Å². The Morgan fingerprint density at radius 3 is 1.83 bits per heavy atom. The summed E-state index contributed by atoms with van der Waals surface area (Å²) in [5.41, 5.74) is 24.5. The molecule has 0 spiro atoms. The summed E-state index contributed by atoms with van der Waals surface area (Å²) in [5, 5.41) is 9.98. The summed E-state index contributed by atoms with van der Waals surface area (Å²) in [7, 11) is 0. The van der Waals surface area contributed by atoms with Crippen molar-refractivity contribution in [3.63, 3.8) is 0 Å². The first-order valence-electron chi connectivity index (χ1n) is 8.92. The second kappa shape index (κ2) is 9.98. The van der Waals surface area contributed by atoms with Crippen LogP contribution in [0.3, 0.4) is 0 Å². The molecule has 11 heteroatoms. The quantitative estimate of drug-likeness (QED) is 0.255. The lowest BCUT2D eigenvalue weighted by Crippen LogP contribution is -2.00. The van der Waals surface area contributed by atoms with E-state index in [-0.39, 0.29) is 17.7 Å². The molecule has 4 aromatic rings. The number of nitrogens with two attached hydrogens (primary N) is 4. The van der Waals surface area contributed by atoms with Crippen molar-refractivity contribution >= 4 is 67.9 Å². The SMILES string of the molecule is N#Cc1ccc2nc(N)nc(N)c2c1.Nc1nc(N)c2cc(C=O)ccc2n1.[CH3][AlH2]. The lowest BCUT2D eigenvalue weighted by atomic mass is 10.1. The van der Waals surface area contributed by atoms with E-state index in [4.69, 9.17) is 28.2 Å². The van der Waals surface area contributed by atoms with Crippen molar-refractivity contribution in [1.82, 2.24) is 19.9 Å². The molecular formula is C19H20AlN9O. The molecule has 0 bridgehead atoms. The Bertz CT molecular complexity index is 1250. The van der Waals surface area contributed by atoms with Gasteiger partial charge in [-0.3, -0.25) is 4.79 Å². The van der Waals surface area contributed by atoms with Gasteiger partial charge < -0.3 is 22.9 Å². The number of carbonyl (C=O) groups is 1. The Labute approximate surface area is 180 Å². The minimum Gasteiger partial charge on any atom is -0.383 e. The van der Waals surface area contributed by atoms with E-state index in [1.165, 1.54) is 16.3 Å². The fourth-order valence-electron chi connectivity index (χ4n) is 2.50. The number of carbonyl (C=O) groups excluding carboxylic acids is 1. The minimum atomic E-state index is 0.133. The first-order chi connectivity index (χ1) is 14.4. The Morgan fingerprint density at radius 2 is 1.33 bits per heavy atom. The van der Waals surface area contributed by atoms with Crippen molar-refractivity contribution in [2.45, 2.75) is 5.79 Å². The molecule has 10 nitrogen and oxygen atoms in total. The van der Waals surface area contributed by atoms with Gasteiger partial charge in [-0.2, -0.15) is 15.2 Å². The molecule has 0 amide bonds. The molecule has 0 aliphatic carbocycles. The summed E-state index contributed by atoms with van der Waals surface area (Å²) >= 11 is 1.31. The van der Waals surface area contributed by atoms with Gasteiger partial charge in [0, 0.05) is 16.3 Å². The second-order valence-electron chi connectivity index (χ2n) is 5.67. The van der Waals surface area contributed by atoms with Crippen LogP contribution in [0.25, 0.3) is 21.8 Å². The molecular weight excluding hydrogens is 397 g/mol. The van der Waals surface area contributed by atoms with Gasteiger partial charge in [0.1, 0.15) is 17.9 Å². The summed E-state index contributed by atoms with van der Waals surface area (Å²) in [6.07, 6.45) is 0.745. The predicted molar refractivity (Wildman–Crippen MR) is 121 cm³/mol. The van der Waals surface area contributed by atoms with Gasteiger partial charge >= 0.3 is 0 Å². The van der Waals surface area contributed by atoms with Gasteiger partial charge in [0.15, 0.2) is 0 Å². The molecule has 0 unspecified atom stereocenters. The maximum absolute atomic E-state index is 10.5. The molecule has 2 heterocycles. The Hall–Kier alpha value is -3.99. The van der Waals surface area contributed by atoms with Crippen LogP contribution in [0.5, 0.6) is 0 Å². The van der Waals surface area contributed by atoms with Crippen molar-refractivity contribution in [1.29, 1.82) is 5.26 Å². The first-order valence-corrected chi connectivity index (χ1v) is 10.9. The molecule has 8 N–H and O–H groups in total. The van der Waals surface area contributed by atoms with E-state index in [0.717, 1.165) is 6.29 Å². The molecule has 4 rings (SSSR count). The van der Waals surface area contributed by atoms with E-state index in [9.17, 15) is 4.79 Å². The molecule has 0 aliphatic rings. The Morgan fingerprint density at radius 1 is 0.833 bits per heavy atom. The summed E-state index contributed by atoms with van der Waals surface area (Å²) in [4.78, 5) is 26.1. The second-order valence-corrected chi connectivity index (χ2v) is 5.67. The zero-order chi connectivity index (χ0) is 22.3. The van der Waals surface area contributed by atoms with Crippen LogP contribution in [0.15, 0.2) is 36.4 Å². The summed E-state index contributed by atoms with van der Waals surface area (Å²) < 4.78 is 0. The zero-order valence-corrected chi connectivity index (χ0v) is 18.5. The van der Waals surface area contributed by atoms with Crippen LogP contribution in [0.4, 0.5) is 23.5 Å². The van der Waals surface area contributed by atoms with Gasteiger partial charge in [-0.25, -0.2) is 9.97 Å². The van der Waals surface area contributed by atoms with Crippen molar-refractivity contribution < 1.29 is 4.79 Å². The van der Waals surface area contributed by atoms with E-state index in [1.54, 1.807) is 36.4 Å². The molecule has 0 atom stereocenters. The van der Waals surface area contributed by atoms with E-state index >= 15 is 0 Å². The molecule has 150 valence electrons. The summed E-state index contributed by atoms with van der Waals surface area (Å²) in [5.74, 6) is 2.99. The summed E-state index contributed by atoms with van der Waals surface area (Å²) in [6.45, 7) is 0. The standard InChI is InChI=1S/C9H7N5.C9H8N4O.CH3.Al.2H/c10-4-5-1-2-7-6(3-5)8(11)14-9(12)13-7;10-8-6-3-5(4-14)1-2-7(6)12-9(11)13-8;;;;/h1-3H,(H4,11,12,13,14);1-4H,(H4,10,11,12,13);1H3;;;. The number of benzene rings is 2. The van der Waals surface area contributed by atoms with E-state index < -0.39 is 0 Å². The maximum Gasteiger partial charge on any atom is 0.222 e. The fraction of sp³-hybridized carbons (Fsp3) is 0.0526. The van der Waals surface area contributed by atoms with Gasteiger partial charge in [0.2, 0.25) is 28.2 Å². The van der Waals surface area contributed by atoms with Crippen LogP contribution in [-0.2, 0) is 0 Å². The number of aldehydes is 1. The zero-order valence-electron chi connectivity index (χ0n) is 16.5. The Kier molecular flexibility index (Phi) is 7.42. The van der Waals surface area contributed by atoms with E-state index in [2.05, 4.69) is 25.7 Å². The maximum atomic E-state index is 10.5. The van der Waals surface area contributed by atoms with Crippen molar-refractivity contribution in [3.8, 4) is 6.07 Å². The number of nitrogens with zero attached hydrogens (tertiary/aromatic N) is 5. The number of nitrogen functional groups attached to an aromatic ring is 4. The smallest absolute Gasteiger partial charge is 0.222 e. The Balaban J connectivity index is 0.000000197. The highest BCUT2D eigenvalue weighted by atomic mass is 27.0. The van der Waals surface area contributed by atoms with Crippen LogP contribution < -0.4 is 22.9 Å². The third-order valence-corrected chi connectivity index (χ3v) is 3.77. The number of nitriles is 1. The summed E-state index contributed by atoms with van der Waals surface area (Å²) in [6, 6.07) is 12.0. The third-order valence-electron chi connectivity index (χ3n) is 3.77. The molecule has 0 aliphatic heterocycles. The average molecular weight is 417 g/mol. The first kappa shape index (κ1) is 22.3. The van der Waals surface area contributed by atoms with Gasteiger partial charge in [-0.15, -0.1) is 5.79 Å². The number of rotatable bonds is 1. The molecule has 2 aromatic heterocycles. The number of hydrogen-bond acceptors (Lipinski definition) is 10. The van der Waals surface area contributed by atoms with Crippen molar-refractivity contribution in [3.05, 3.63) is 47.5 Å². The predicted octanol–water partition coefficient (Wildman–Crippen LogP) is 0.940. The normalized spacial score (nSPS) is 9.60. The van der Waals surface area contributed by atoms with Gasteiger partial charge in [0.05, 0.1) is 22.7 Å². The topological polar surface area (TPSA) is 196 Å². The van der Waals surface area contributed by atoms with Crippen LogP contribution in [0.2, 0.25) is 5.79 Å².